The lowest BCUT2D eigenvalue weighted by molar-refractivity contribution is -0.128. The van der Waals surface area contributed by atoms with Crippen molar-refractivity contribution >= 4 is 39.1 Å². The number of aliphatic hydroxyl groups excluding tert-OH is 1. The van der Waals surface area contributed by atoms with Gasteiger partial charge in [0.2, 0.25) is 15.9 Å². The number of rotatable bonds is 17. The van der Waals surface area contributed by atoms with Gasteiger partial charge in [0.05, 0.1) is 28.8 Å². The number of sulfonamides is 1. The monoisotopic (exact) mass is 756 g/mol. The minimum absolute atomic E-state index is 0.0259. The van der Waals surface area contributed by atoms with E-state index in [1.54, 1.807) is 9.80 Å². The second kappa shape index (κ2) is 18.0. The van der Waals surface area contributed by atoms with Gasteiger partial charge in [-0.1, -0.05) is 99.9 Å². The van der Waals surface area contributed by atoms with Gasteiger partial charge in [-0.2, -0.15) is 4.31 Å². The average Bonchev–Trinajstić information content (AvgIpc) is 3.49. The molecule has 5 rings (SSSR count). The number of oxime groups is 1. The molecule has 0 spiro atoms. The number of hydrogen-bond acceptors (Lipinski definition) is 8. The third-order valence-corrected chi connectivity index (χ3v) is 11.8. The van der Waals surface area contributed by atoms with Crippen molar-refractivity contribution in [1.82, 2.24) is 24.4 Å². The van der Waals surface area contributed by atoms with Crippen LogP contribution in [0.2, 0.25) is 0 Å². The van der Waals surface area contributed by atoms with E-state index in [2.05, 4.69) is 15.5 Å². The molecule has 3 amide bonds. The van der Waals surface area contributed by atoms with Gasteiger partial charge in [0.1, 0.15) is 6.04 Å². The lowest BCUT2D eigenvalue weighted by Crippen LogP contribution is -2.57. The molecular weight excluding hydrogens is 705 g/mol. The molecule has 2 heterocycles. The van der Waals surface area contributed by atoms with Gasteiger partial charge >= 0.3 is 6.03 Å². The molecule has 1 aromatic heterocycles. The van der Waals surface area contributed by atoms with Gasteiger partial charge in [-0.15, -0.1) is 0 Å². The van der Waals surface area contributed by atoms with Gasteiger partial charge in [0, 0.05) is 43.8 Å². The highest BCUT2D eigenvalue weighted by Crippen LogP contribution is 2.26. The number of hydrogen-bond donors (Lipinski definition) is 3. The summed E-state index contributed by atoms with van der Waals surface area (Å²) in [5.74, 6) is -0.670. The van der Waals surface area contributed by atoms with Crippen LogP contribution in [0, 0.1) is 18.8 Å². The van der Waals surface area contributed by atoms with Crippen LogP contribution in [0.1, 0.15) is 56.5 Å². The number of carbonyl (C=O) groups excluding carboxylic acids is 2. The van der Waals surface area contributed by atoms with Crippen LogP contribution in [0.5, 0.6) is 0 Å². The number of fused-ring (bicyclic) bond motifs is 1. The molecule has 1 fully saturated rings. The van der Waals surface area contributed by atoms with Crippen LogP contribution in [0.4, 0.5) is 4.79 Å². The number of pyridine rings is 1. The molecular formula is C41H52N6O6S. The Balaban J connectivity index is 1.39. The lowest BCUT2D eigenvalue weighted by Gasteiger charge is -2.35. The number of benzene rings is 3. The third kappa shape index (κ3) is 9.62. The molecule has 0 unspecified atom stereocenters. The van der Waals surface area contributed by atoms with Gasteiger partial charge in [-0.3, -0.25) is 9.78 Å². The fourth-order valence-corrected chi connectivity index (χ4v) is 8.66. The summed E-state index contributed by atoms with van der Waals surface area (Å²) in [6.07, 6.45) is 0.771. The molecule has 0 saturated carbocycles. The number of aryl methyl sites for hydroxylation is 1. The van der Waals surface area contributed by atoms with Crippen molar-refractivity contribution < 1.29 is 28.3 Å². The quantitative estimate of drug-likeness (QED) is 0.0737. The van der Waals surface area contributed by atoms with E-state index < -0.39 is 34.1 Å². The Labute approximate surface area is 318 Å². The van der Waals surface area contributed by atoms with E-state index in [1.807, 2.05) is 95.3 Å². The summed E-state index contributed by atoms with van der Waals surface area (Å²) in [4.78, 5) is 36.6. The first-order chi connectivity index (χ1) is 25.8. The molecule has 1 saturated heterocycles. The number of aliphatic hydroxyl groups is 1. The fraction of sp³-hybridized carbons (Fsp3) is 0.415. The number of amides is 3. The van der Waals surface area contributed by atoms with Crippen molar-refractivity contribution in [3.05, 3.63) is 107 Å². The summed E-state index contributed by atoms with van der Waals surface area (Å²) >= 11 is 0. The van der Waals surface area contributed by atoms with Crippen LogP contribution in [0.25, 0.3) is 10.9 Å². The molecule has 0 aliphatic carbocycles. The van der Waals surface area contributed by atoms with Crippen molar-refractivity contribution in [3.8, 4) is 0 Å². The minimum Gasteiger partial charge on any atom is -0.411 e. The Morgan fingerprint density at radius 2 is 1.69 bits per heavy atom. The SMILES string of the molecule is CC[C@H](C)[C@@H](C(=O)N[C@@H](Cc1ccccc1)[C@@H](O)CN(CC(C)C)S(=O)(=O)c1ccc(C=NO)cc1)N1CCN(Cc2cc(C)nc3ccccc23)C1=O. The zero-order valence-electron chi connectivity index (χ0n) is 31.7. The molecule has 1 aliphatic rings. The predicted octanol–water partition coefficient (Wildman–Crippen LogP) is 5.44. The molecule has 0 bridgehead atoms. The van der Waals surface area contributed by atoms with Crippen molar-refractivity contribution in [2.75, 3.05) is 26.2 Å². The van der Waals surface area contributed by atoms with E-state index in [1.165, 1.54) is 34.8 Å². The highest BCUT2D eigenvalue weighted by Gasteiger charge is 2.41. The molecule has 12 nitrogen and oxygen atoms in total. The van der Waals surface area contributed by atoms with Crippen LogP contribution in [-0.4, -0.2) is 100 Å². The molecule has 4 atom stereocenters. The highest BCUT2D eigenvalue weighted by molar-refractivity contribution is 7.89. The van der Waals surface area contributed by atoms with Crippen LogP contribution in [0.15, 0.2) is 95.0 Å². The largest absolute Gasteiger partial charge is 0.411 e. The second-order valence-corrected chi connectivity index (χ2v) is 16.5. The van der Waals surface area contributed by atoms with Gasteiger partial charge < -0.3 is 25.4 Å². The predicted molar refractivity (Wildman–Crippen MR) is 210 cm³/mol. The smallest absolute Gasteiger partial charge is 0.321 e. The number of carbonyl (C=O) groups is 2. The summed E-state index contributed by atoms with van der Waals surface area (Å²) < 4.78 is 29.2. The summed E-state index contributed by atoms with van der Waals surface area (Å²) in [5, 5.41) is 27.8. The number of aromatic nitrogens is 1. The van der Waals surface area contributed by atoms with Gasteiger partial charge in [0.25, 0.3) is 0 Å². The molecule has 3 N–H and O–H groups in total. The maximum atomic E-state index is 14.4. The van der Waals surface area contributed by atoms with E-state index in [0.717, 1.165) is 27.7 Å². The molecule has 0 radical (unpaired) electrons. The minimum atomic E-state index is -4.07. The van der Waals surface area contributed by atoms with Gasteiger partial charge in [0.15, 0.2) is 0 Å². The molecule has 13 heteroatoms. The molecule has 1 aliphatic heterocycles. The fourth-order valence-electron chi connectivity index (χ4n) is 7.04. The van der Waals surface area contributed by atoms with Gasteiger partial charge in [-0.25, -0.2) is 13.2 Å². The van der Waals surface area contributed by atoms with E-state index in [0.29, 0.717) is 31.6 Å². The topological polar surface area (TPSA) is 156 Å². The second-order valence-electron chi connectivity index (χ2n) is 14.6. The standard InChI is InChI=1S/C41H52N6O6S/c1-6-29(4)39(47-21-20-45(41(47)50)26-33-22-30(5)43-36-15-11-10-14-35(33)36)40(49)44-37(23-31-12-8-7-9-13-31)38(48)27-46(25-28(2)3)54(52,53)34-18-16-32(17-19-34)24-42-51/h7-19,22,24,28-29,37-39,48,51H,6,20-21,23,25-27H2,1-5H3,(H,44,49)/t29-,37-,38-,39-/m0/s1. The first-order valence-electron chi connectivity index (χ1n) is 18.5. The third-order valence-electron chi connectivity index (χ3n) is 9.98. The first kappa shape index (κ1) is 40.3. The lowest BCUT2D eigenvalue weighted by atomic mass is 9.95. The Bertz CT molecular complexity index is 2030. The van der Waals surface area contributed by atoms with Crippen LogP contribution < -0.4 is 5.32 Å². The molecule has 3 aromatic carbocycles. The normalized spacial score (nSPS) is 16.0. The molecule has 4 aromatic rings. The Kier molecular flexibility index (Phi) is 13.4. The highest BCUT2D eigenvalue weighted by atomic mass is 32.2. The van der Waals surface area contributed by atoms with Crippen LogP contribution >= 0.6 is 0 Å². The summed E-state index contributed by atoms with van der Waals surface area (Å²) in [6, 6.07) is 23.2. The Morgan fingerprint density at radius 3 is 2.35 bits per heavy atom. The van der Waals surface area contributed by atoms with Gasteiger partial charge in [-0.05, 0) is 66.1 Å². The maximum Gasteiger partial charge on any atom is 0.321 e. The summed E-state index contributed by atoms with van der Waals surface area (Å²) in [6.45, 7) is 10.7. The van der Waals surface area contributed by atoms with Crippen molar-refractivity contribution in [2.24, 2.45) is 17.0 Å². The Morgan fingerprint density at radius 1 is 1.00 bits per heavy atom. The summed E-state index contributed by atoms with van der Waals surface area (Å²) in [7, 11) is -4.07. The number of nitrogens with zero attached hydrogens (tertiary/aromatic N) is 5. The zero-order chi connectivity index (χ0) is 39.0. The van der Waals surface area contributed by atoms with E-state index in [-0.39, 0.29) is 42.3 Å². The van der Waals surface area contributed by atoms with Crippen molar-refractivity contribution in [2.45, 2.75) is 77.1 Å². The van der Waals surface area contributed by atoms with Crippen LogP contribution in [-0.2, 0) is 27.8 Å². The Hall–Kier alpha value is -4.85. The molecule has 288 valence electrons. The van der Waals surface area contributed by atoms with Crippen molar-refractivity contribution in [1.29, 1.82) is 0 Å². The molecule has 54 heavy (non-hydrogen) atoms. The van der Waals surface area contributed by atoms with Crippen molar-refractivity contribution in [3.63, 3.8) is 0 Å². The van der Waals surface area contributed by atoms with Crippen LogP contribution in [0.3, 0.4) is 0 Å². The number of para-hydroxylation sites is 1. The zero-order valence-corrected chi connectivity index (χ0v) is 32.5. The summed E-state index contributed by atoms with van der Waals surface area (Å²) in [5.41, 5.74) is 4.08. The maximum absolute atomic E-state index is 14.4. The van der Waals surface area contributed by atoms with E-state index in [4.69, 9.17) is 5.21 Å². The number of nitrogens with one attached hydrogen (secondary N) is 1. The average molecular weight is 757 g/mol. The van der Waals surface area contributed by atoms with E-state index >= 15 is 0 Å². The van der Waals surface area contributed by atoms with E-state index in [9.17, 15) is 23.1 Å². The number of urea groups is 1. The first-order valence-corrected chi connectivity index (χ1v) is 20.0.